The van der Waals surface area contributed by atoms with Gasteiger partial charge >= 0.3 is 5.97 Å². The molecule has 5 nitrogen and oxygen atoms in total. The zero-order chi connectivity index (χ0) is 17.4. The topological polar surface area (TPSA) is 64.6 Å². The number of carbonyl (C=O) groups excluding carboxylic acids is 2. The molecule has 0 spiro atoms. The molecular formula is C19H27NO4. The Morgan fingerprint density at radius 2 is 1.96 bits per heavy atom. The number of amides is 1. The Kier molecular flexibility index (Phi) is 7.09. The lowest BCUT2D eigenvalue weighted by molar-refractivity contribution is -0.149. The van der Waals surface area contributed by atoms with Crippen LogP contribution in [0.5, 0.6) is 5.75 Å². The maximum atomic E-state index is 11.9. The number of rotatable bonds is 7. The predicted octanol–water partition coefficient (Wildman–Crippen LogP) is 3.00. The largest absolute Gasteiger partial charge is 0.493 e. The van der Waals surface area contributed by atoms with Gasteiger partial charge in [-0.05, 0) is 37.3 Å². The molecule has 2 atom stereocenters. The van der Waals surface area contributed by atoms with Crippen LogP contribution in [-0.2, 0) is 14.3 Å². The molecule has 0 radical (unpaired) electrons. The summed E-state index contributed by atoms with van der Waals surface area (Å²) in [5.74, 6) is 0.604. The molecular weight excluding hydrogens is 306 g/mol. The maximum absolute atomic E-state index is 11.9. The lowest BCUT2D eigenvalue weighted by Gasteiger charge is -2.29. The maximum Gasteiger partial charge on any atom is 0.309 e. The monoisotopic (exact) mass is 333 g/mol. The highest BCUT2D eigenvalue weighted by molar-refractivity contribution is 5.80. The Balaban J connectivity index is 1.62. The van der Waals surface area contributed by atoms with Crippen LogP contribution in [-0.4, -0.2) is 31.1 Å². The minimum Gasteiger partial charge on any atom is -0.493 e. The second-order valence-electron chi connectivity index (χ2n) is 6.46. The fourth-order valence-corrected chi connectivity index (χ4v) is 2.96. The second-order valence-corrected chi connectivity index (χ2v) is 6.46. The first-order valence-electron chi connectivity index (χ1n) is 8.69. The molecule has 0 saturated heterocycles. The molecule has 1 aromatic rings. The van der Waals surface area contributed by atoms with Gasteiger partial charge in [0.1, 0.15) is 5.75 Å². The molecule has 1 aliphatic carbocycles. The van der Waals surface area contributed by atoms with Crippen molar-refractivity contribution >= 4 is 11.9 Å². The van der Waals surface area contributed by atoms with Crippen LogP contribution in [0, 0.1) is 12.8 Å². The quantitative estimate of drug-likeness (QED) is 0.779. The zero-order valence-electron chi connectivity index (χ0n) is 14.5. The van der Waals surface area contributed by atoms with Gasteiger partial charge in [0.05, 0.1) is 13.0 Å². The first-order chi connectivity index (χ1) is 11.6. The van der Waals surface area contributed by atoms with E-state index in [0.717, 1.165) is 30.6 Å². The Morgan fingerprint density at radius 1 is 1.21 bits per heavy atom. The highest BCUT2D eigenvalue weighted by Crippen LogP contribution is 2.23. The summed E-state index contributed by atoms with van der Waals surface area (Å²) in [6.07, 6.45) is 4.64. The van der Waals surface area contributed by atoms with Crippen LogP contribution in [0.1, 0.15) is 44.6 Å². The number of esters is 1. The summed E-state index contributed by atoms with van der Waals surface area (Å²) in [7, 11) is 0. The second kappa shape index (κ2) is 9.30. The van der Waals surface area contributed by atoms with E-state index in [1.807, 2.05) is 31.2 Å². The van der Waals surface area contributed by atoms with Gasteiger partial charge in [0.2, 0.25) is 0 Å². The SMILES string of the molecule is Cc1ccccc1OCCC(=O)OCC(=O)NC1CCCCC1C. The number of nitrogens with one attached hydrogen (secondary N) is 1. The summed E-state index contributed by atoms with van der Waals surface area (Å²) in [4.78, 5) is 23.6. The lowest BCUT2D eigenvalue weighted by atomic mass is 9.86. The Labute approximate surface area is 143 Å². The summed E-state index contributed by atoms with van der Waals surface area (Å²) >= 11 is 0. The Morgan fingerprint density at radius 3 is 2.71 bits per heavy atom. The van der Waals surface area contributed by atoms with Gasteiger partial charge in [-0.25, -0.2) is 0 Å². The summed E-state index contributed by atoms with van der Waals surface area (Å²) in [5.41, 5.74) is 1.02. The molecule has 5 heteroatoms. The molecule has 0 aliphatic heterocycles. The van der Waals surface area contributed by atoms with Crippen LogP contribution in [0.4, 0.5) is 0 Å². The standard InChI is InChI=1S/C19H27NO4/c1-14-7-3-5-9-16(14)20-18(21)13-24-19(22)11-12-23-17-10-6-4-8-15(17)2/h4,6,8,10,14,16H,3,5,7,9,11-13H2,1-2H3,(H,20,21). The van der Waals surface area contributed by atoms with Crippen molar-refractivity contribution in [3.8, 4) is 5.75 Å². The number of hydrogen-bond donors (Lipinski definition) is 1. The zero-order valence-corrected chi connectivity index (χ0v) is 14.5. The van der Waals surface area contributed by atoms with Crippen LogP contribution in [0.25, 0.3) is 0 Å². The van der Waals surface area contributed by atoms with Crippen molar-refractivity contribution in [2.75, 3.05) is 13.2 Å². The predicted molar refractivity (Wildman–Crippen MR) is 91.8 cm³/mol. The van der Waals surface area contributed by atoms with Crippen LogP contribution < -0.4 is 10.1 Å². The molecule has 0 bridgehead atoms. The van der Waals surface area contributed by atoms with Gasteiger partial charge in [0, 0.05) is 6.04 Å². The van der Waals surface area contributed by atoms with E-state index in [0.29, 0.717) is 5.92 Å². The van der Waals surface area contributed by atoms with Crippen molar-refractivity contribution < 1.29 is 19.1 Å². The molecule has 1 fully saturated rings. The molecule has 2 unspecified atom stereocenters. The van der Waals surface area contributed by atoms with Crippen molar-refractivity contribution in [3.05, 3.63) is 29.8 Å². The first kappa shape index (κ1) is 18.3. The van der Waals surface area contributed by atoms with E-state index in [9.17, 15) is 9.59 Å². The fourth-order valence-electron chi connectivity index (χ4n) is 2.96. The number of carbonyl (C=O) groups is 2. The van der Waals surface area contributed by atoms with Gasteiger partial charge in [-0.15, -0.1) is 0 Å². The van der Waals surface area contributed by atoms with Gasteiger partial charge in [-0.3, -0.25) is 9.59 Å². The van der Waals surface area contributed by atoms with Crippen molar-refractivity contribution in [2.45, 2.75) is 52.0 Å². The number of hydrogen-bond acceptors (Lipinski definition) is 4. The summed E-state index contributed by atoms with van der Waals surface area (Å²) < 4.78 is 10.6. The van der Waals surface area contributed by atoms with E-state index in [-0.39, 0.29) is 31.6 Å². The fraction of sp³-hybridized carbons (Fsp3) is 0.579. The van der Waals surface area contributed by atoms with Crippen LogP contribution in [0.15, 0.2) is 24.3 Å². The average Bonchev–Trinajstić information content (AvgIpc) is 2.57. The van der Waals surface area contributed by atoms with E-state index in [1.54, 1.807) is 0 Å². The number of para-hydroxylation sites is 1. The van der Waals surface area contributed by atoms with Crippen molar-refractivity contribution in [3.63, 3.8) is 0 Å². The van der Waals surface area contributed by atoms with E-state index < -0.39 is 5.97 Å². The van der Waals surface area contributed by atoms with Crippen LogP contribution in [0.2, 0.25) is 0 Å². The van der Waals surface area contributed by atoms with Crippen molar-refractivity contribution in [1.29, 1.82) is 0 Å². The number of aryl methyl sites for hydroxylation is 1. The summed E-state index contributed by atoms with van der Waals surface area (Å²) in [5, 5.41) is 2.97. The minimum absolute atomic E-state index is 0.126. The first-order valence-corrected chi connectivity index (χ1v) is 8.69. The van der Waals surface area contributed by atoms with E-state index in [2.05, 4.69) is 12.2 Å². The normalized spacial score (nSPS) is 20.2. The third-order valence-electron chi connectivity index (χ3n) is 4.48. The third-order valence-corrected chi connectivity index (χ3v) is 4.48. The Bertz CT molecular complexity index is 558. The minimum atomic E-state index is -0.421. The molecule has 132 valence electrons. The van der Waals surface area contributed by atoms with Crippen molar-refractivity contribution in [2.24, 2.45) is 5.92 Å². The molecule has 1 aliphatic rings. The third kappa shape index (κ3) is 5.87. The van der Waals surface area contributed by atoms with Crippen molar-refractivity contribution in [1.82, 2.24) is 5.32 Å². The average molecular weight is 333 g/mol. The number of ether oxygens (including phenoxy) is 2. The van der Waals surface area contributed by atoms with Crippen LogP contribution in [0.3, 0.4) is 0 Å². The highest BCUT2D eigenvalue weighted by Gasteiger charge is 2.23. The lowest BCUT2D eigenvalue weighted by Crippen LogP contribution is -2.42. The summed E-state index contributed by atoms with van der Waals surface area (Å²) in [6.45, 7) is 4.13. The molecule has 24 heavy (non-hydrogen) atoms. The molecule has 1 amide bonds. The molecule has 0 aromatic heterocycles. The molecule has 0 heterocycles. The smallest absolute Gasteiger partial charge is 0.309 e. The van der Waals surface area contributed by atoms with Gasteiger partial charge in [0.15, 0.2) is 6.61 Å². The highest BCUT2D eigenvalue weighted by atomic mass is 16.5. The Hall–Kier alpha value is -2.04. The molecule has 1 saturated carbocycles. The van der Waals surface area contributed by atoms with Gasteiger partial charge in [-0.1, -0.05) is 38.0 Å². The van der Waals surface area contributed by atoms with Gasteiger partial charge < -0.3 is 14.8 Å². The molecule has 1 aromatic carbocycles. The van der Waals surface area contributed by atoms with Crippen LogP contribution >= 0.6 is 0 Å². The van der Waals surface area contributed by atoms with E-state index in [4.69, 9.17) is 9.47 Å². The molecule has 1 N–H and O–H groups in total. The van der Waals surface area contributed by atoms with Gasteiger partial charge in [0.25, 0.3) is 5.91 Å². The number of benzene rings is 1. The summed E-state index contributed by atoms with van der Waals surface area (Å²) in [6, 6.07) is 7.83. The van der Waals surface area contributed by atoms with E-state index in [1.165, 1.54) is 6.42 Å². The van der Waals surface area contributed by atoms with E-state index >= 15 is 0 Å². The van der Waals surface area contributed by atoms with Gasteiger partial charge in [-0.2, -0.15) is 0 Å². The molecule has 2 rings (SSSR count).